The lowest BCUT2D eigenvalue weighted by Crippen LogP contribution is -2.55. The third-order valence-electron chi connectivity index (χ3n) is 5.70. The molecule has 2 aromatic rings. The van der Waals surface area contributed by atoms with Gasteiger partial charge in [-0.05, 0) is 41.6 Å². The lowest BCUT2D eigenvalue weighted by molar-refractivity contribution is -0.231. The fourth-order valence-corrected chi connectivity index (χ4v) is 4.37. The SMILES string of the molecule is CSc1ccc(CN2CCOc3ccc([C@@H]4O[C@H](CO)[C@@H](O)[C@H](O)[C@H]4O)cc32)cc1. The summed E-state index contributed by atoms with van der Waals surface area (Å²) in [5.41, 5.74) is 2.71. The molecule has 1 saturated heterocycles. The molecule has 0 aliphatic carbocycles. The summed E-state index contributed by atoms with van der Waals surface area (Å²) in [7, 11) is 0. The molecule has 2 aliphatic heterocycles. The second-order valence-corrected chi connectivity index (χ2v) is 8.47. The van der Waals surface area contributed by atoms with E-state index in [0.29, 0.717) is 18.7 Å². The molecule has 162 valence electrons. The molecular weight excluding hydrogens is 406 g/mol. The summed E-state index contributed by atoms with van der Waals surface area (Å²) < 4.78 is 11.5. The van der Waals surface area contributed by atoms with E-state index >= 15 is 0 Å². The first-order valence-electron chi connectivity index (χ1n) is 9.97. The fraction of sp³-hybridized carbons (Fsp3) is 0.455. The predicted molar refractivity (Wildman–Crippen MR) is 114 cm³/mol. The van der Waals surface area contributed by atoms with Crippen molar-refractivity contribution < 1.29 is 29.9 Å². The Labute approximate surface area is 179 Å². The van der Waals surface area contributed by atoms with Crippen LogP contribution in [0.3, 0.4) is 0 Å². The number of rotatable bonds is 5. The van der Waals surface area contributed by atoms with Crippen LogP contribution < -0.4 is 9.64 Å². The average Bonchev–Trinajstić information content (AvgIpc) is 2.78. The highest BCUT2D eigenvalue weighted by Gasteiger charge is 2.44. The molecule has 2 aliphatic rings. The van der Waals surface area contributed by atoms with Gasteiger partial charge in [0.15, 0.2) is 0 Å². The van der Waals surface area contributed by atoms with Crippen LogP contribution in [0.15, 0.2) is 47.4 Å². The molecule has 0 unspecified atom stereocenters. The van der Waals surface area contributed by atoms with Gasteiger partial charge in [-0.3, -0.25) is 0 Å². The van der Waals surface area contributed by atoms with E-state index in [1.54, 1.807) is 17.8 Å². The minimum Gasteiger partial charge on any atom is -0.490 e. The molecule has 8 heteroatoms. The van der Waals surface area contributed by atoms with Gasteiger partial charge in [0.05, 0.1) is 18.8 Å². The van der Waals surface area contributed by atoms with E-state index in [-0.39, 0.29) is 0 Å². The van der Waals surface area contributed by atoms with Crippen LogP contribution in [0.2, 0.25) is 0 Å². The lowest BCUT2D eigenvalue weighted by atomic mass is 9.91. The molecule has 30 heavy (non-hydrogen) atoms. The van der Waals surface area contributed by atoms with Gasteiger partial charge in [-0.25, -0.2) is 0 Å². The van der Waals surface area contributed by atoms with E-state index < -0.39 is 37.1 Å². The third kappa shape index (κ3) is 4.16. The number of hydrogen-bond acceptors (Lipinski definition) is 8. The number of thioether (sulfide) groups is 1. The predicted octanol–water partition coefficient (Wildman–Crippen LogP) is 1.32. The number of hydrogen-bond donors (Lipinski definition) is 4. The monoisotopic (exact) mass is 433 g/mol. The van der Waals surface area contributed by atoms with Crippen LogP contribution in [0, 0.1) is 0 Å². The lowest BCUT2D eigenvalue weighted by Gasteiger charge is -2.40. The molecule has 2 aromatic carbocycles. The molecule has 0 aromatic heterocycles. The van der Waals surface area contributed by atoms with Gasteiger partial charge >= 0.3 is 0 Å². The highest BCUT2D eigenvalue weighted by molar-refractivity contribution is 7.98. The molecule has 4 rings (SSSR count). The first-order valence-corrected chi connectivity index (χ1v) is 11.2. The van der Waals surface area contributed by atoms with E-state index in [4.69, 9.17) is 9.47 Å². The summed E-state index contributed by atoms with van der Waals surface area (Å²) in [6, 6.07) is 13.9. The molecular formula is C22H27NO6S. The second-order valence-electron chi connectivity index (χ2n) is 7.59. The Kier molecular flexibility index (Phi) is 6.52. The second kappa shape index (κ2) is 9.13. The summed E-state index contributed by atoms with van der Waals surface area (Å²) in [6.45, 7) is 1.56. The van der Waals surface area contributed by atoms with Crippen molar-refractivity contribution in [1.82, 2.24) is 0 Å². The van der Waals surface area contributed by atoms with E-state index in [0.717, 1.165) is 18.0 Å². The number of benzene rings is 2. The standard InChI is InChI=1S/C22H27NO6S/c1-30-15-5-2-13(3-6-15)11-23-8-9-28-17-7-4-14(10-16(17)23)22-21(27)20(26)19(25)18(12-24)29-22/h2-7,10,18-22,24-27H,8-9,11-12H2,1H3/t18-,19-,20+,21-,22+/m1/s1. The molecule has 1 fully saturated rings. The van der Waals surface area contributed by atoms with Gasteiger partial charge < -0.3 is 34.8 Å². The van der Waals surface area contributed by atoms with Crippen LogP contribution in [0.4, 0.5) is 5.69 Å². The summed E-state index contributed by atoms with van der Waals surface area (Å²) in [5, 5.41) is 40.1. The first-order chi connectivity index (χ1) is 14.5. The van der Waals surface area contributed by atoms with Crippen molar-refractivity contribution in [2.24, 2.45) is 0 Å². The summed E-state index contributed by atoms with van der Waals surface area (Å²) in [6.07, 6.45) is -3.84. The van der Waals surface area contributed by atoms with E-state index in [2.05, 4.69) is 29.2 Å². The minimum absolute atomic E-state index is 0.451. The van der Waals surface area contributed by atoms with Crippen LogP contribution in [0.1, 0.15) is 17.2 Å². The smallest absolute Gasteiger partial charge is 0.142 e. The zero-order chi connectivity index (χ0) is 21.3. The number of fused-ring (bicyclic) bond motifs is 1. The number of aliphatic hydroxyl groups is 4. The van der Waals surface area contributed by atoms with Crippen LogP contribution >= 0.6 is 11.8 Å². The van der Waals surface area contributed by atoms with Crippen molar-refractivity contribution >= 4 is 17.4 Å². The Bertz CT molecular complexity index is 861. The quantitative estimate of drug-likeness (QED) is 0.524. The Balaban J connectivity index is 1.60. The molecule has 0 saturated carbocycles. The van der Waals surface area contributed by atoms with Crippen molar-refractivity contribution in [3.63, 3.8) is 0 Å². The minimum atomic E-state index is -1.40. The van der Waals surface area contributed by atoms with Gasteiger partial charge in [0.25, 0.3) is 0 Å². The number of anilines is 1. The Morgan fingerprint density at radius 1 is 1.03 bits per heavy atom. The molecule has 0 radical (unpaired) electrons. The van der Waals surface area contributed by atoms with Gasteiger partial charge in [-0.2, -0.15) is 0 Å². The molecule has 7 nitrogen and oxygen atoms in total. The van der Waals surface area contributed by atoms with Crippen molar-refractivity contribution in [3.8, 4) is 5.75 Å². The summed E-state index contributed by atoms with van der Waals surface area (Å²) in [5.74, 6) is 0.746. The Morgan fingerprint density at radius 3 is 2.50 bits per heavy atom. The maximum absolute atomic E-state index is 10.5. The van der Waals surface area contributed by atoms with Crippen LogP contribution in [-0.4, -0.2) is 70.9 Å². The largest absolute Gasteiger partial charge is 0.490 e. The zero-order valence-electron chi connectivity index (χ0n) is 16.7. The molecule has 0 spiro atoms. The molecule has 0 amide bonds. The molecule has 4 N–H and O–H groups in total. The van der Waals surface area contributed by atoms with Crippen molar-refractivity contribution in [3.05, 3.63) is 53.6 Å². The number of nitrogens with zero attached hydrogens (tertiary/aromatic N) is 1. The normalized spacial score (nSPS) is 28.7. The molecule has 5 atom stereocenters. The Morgan fingerprint density at radius 2 is 1.80 bits per heavy atom. The van der Waals surface area contributed by atoms with E-state index in [1.807, 2.05) is 18.4 Å². The van der Waals surface area contributed by atoms with E-state index in [1.165, 1.54) is 10.5 Å². The van der Waals surface area contributed by atoms with Gasteiger partial charge in [0.2, 0.25) is 0 Å². The molecule has 2 heterocycles. The maximum Gasteiger partial charge on any atom is 0.142 e. The summed E-state index contributed by atoms with van der Waals surface area (Å²) in [4.78, 5) is 3.42. The van der Waals surface area contributed by atoms with Crippen molar-refractivity contribution in [1.29, 1.82) is 0 Å². The topological polar surface area (TPSA) is 103 Å². The first kappa shape index (κ1) is 21.4. The fourth-order valence-electron chi connectivity index (χ4n) is 3.96. The zero-order valence-corrected chi connectivity index (χ0v) is 17.5. The van der Waals surface area contributed by atoms with Gasteiger partial charge in [-0.15, -0.1) is 11.8 Å². The van der Waals surface area contributed by atoms with Gasteiger partial charge in [0.1, 0.15) is 42.9 Å². The van der Waals surface area contributed by atoms with Crippen molar-refractivity contribution in [2.45, 2.75) is 42.0 Å². The maximum atomic E-state index is 10.5. The molecule has 0 bridgehead atoms. The van der Waals surface area contributed by atoms with Gasteiger partial charge in [0, 0.05) is 11.4 Å². The Hall–Kier alpha value is -1.81. The highest BCUT2D eigenvalue weighted by atomic mass is 32.2. The summed E-state index contributed by atoms with van der Waals surface area (Å²) >= 11 is 1.71. The highest BCUT2D eigenvalue weighted by Crippen LogP contribution is 2.39. The van der Waals surface area contributed by atoms with Crippen LogP contribution in [0.5, 0.6) is 5.75 Å². The van der Waals surface area contributed by atoms with E-state index in [9.17, 15) is 20.4 Å². The number of ether oxygens (including phenoxy) is 2. The average molecular weight is 434 g/mol. The van der Waals surface area contributed by atoms with Gasteiger partial charge in [-0.1, -0.05) is 18.2 Å². The van der Waals surface area contributed by atoms with Crippen molar-refractivity contribution in [2.75, 3.05) is 30.9 Å². The van der Waals surface area contributed by atoms with Crippen LogP contribution in [-0.2, 0) is 11.3 Å². The third-order valence-corrected chi connectivity index (χ3v) is 6.44. The number of aliphatic hydroxyl groups excluding tert-OH is 4. The van der Waals surface area contributed by atoms with Crippen LogP contribution in [0.25, 0.3) is 0 Å².